The predicted molar refractivity (Wildman–Crippen MR) is 92.6 cm³/mol. The van der Waals surface area contributed by atoms with Gasteiger partial charge in [-0.25, -0.2) is 5.10 Å². The summed E-state index contributed by atoms with van der Waals surface area (Å²) in [6.45, 7) is 2.77. The number of azo groups is 1. The minimum absolute atomic E-state index is 0.0438. The molecule has 3 rings (SSSR count). The van der Waals surface area contributed by atoms with E-state index >= 15 is 0 Å². The van der Waals surface area contributed by atoms with Crippen molar-refractivity contribution in [1.29, 1.82) is 0 Å². The summed E-state index contributed by atoms with van der Waals surface area (Å²) in [6.07, 6.45) is 3.25. The van der Waals surface area contributed by atoms with Crippen LogP contribution in [0.2, 0.25) is 5.02 Å². The molecule has 0 radical (unpaired) electrons. The maximum Gasteiger partial charge on any atom is 0.285 e. The summed E-state index contributed by atoms with van der Waals surface area (Å²) < 4.78 is 1.81. The Hall–Kier alpha value is -2.67. The van der Waals surface area contributed by atoms with Gasteiger partial charge in [-0.2, -0.15) is 5.10 Å². The van der Waals surface area contributed by atoms with E-state index in [2.05, 4.69) is 27.3 Å². The SMILES string of the molecule is CCCCn1c(O)c(N=Nc2cn[nH]c(=O)c2Cl)c2ccccc21. The number of nitrogens with one attached hydrogen (secondary N) is 1. The Morgan fingerprint density at radius 1 is 1.33 bits per heavy atom. The molecular formula is C16H16ClN5O2. The van der Waals surface area contributed by atoms with Gasteiger partial charge in [0.1, 0.15) is 10.7 Å². The summed E-state index contributed by atoms with van der Waals surface area (Å²) in [4.78, 5) is 11.4. The van der Waals surface area contributed by atoms with Crippen LogP contribution in [0.3, 0.4) is 0 Å². The van der Waals surface area contributed by atoms with Crippen LogP contribution in [0, 0.1) is 0 Å². The first-order valence-corrected chi connectivity index (χ1v) is 7.96. The second-order valence-electron chi connectivity index (χ2n) is 5.29. The number of para-hydroxylation sites is 1. The number of nitrogens with zero attached hydrogens (tertiary/aromatic N) is 4. The highest BCUT2D eigenvalue weighted by Gasteiger charge is 2.16. The molecule has 0 aliphatic rings. The molecule has 0 amide bonds. The van der Waals surface area contributed by atoms with Crippen molar-refractivity contribution in [2.45, 2.75) is 26.3 Å². The van der Waals surface area contributed by atoms with Crippen molar-refractivity contribution in [2.24, 2.45) is 10.2 Å². The number of aromatic amines is 1. The Morgan fingerprint density at radius 3 is 2.92 bits per heavy atom. The van der Waals surface area contributed by atoms with E-state index in [0.29, 0.717) is 12.2 Å². The van der Waals surface area contributed by atoms with Crippen molar-refractivity contribution in [2.75, 3.05) is 0 Å². The van der Waals surface area contributed by atoms with Crippen molar-refractivity contribution in [1.82, 2.24) is 14.8 Å². The Morgan fingerprint density at radius 2 is 2.12 bits per heavy atom. The number of hydrogen-bond acceptors (Lipinski definition) is 5. The molecule has 124 valence electrons. The normalized spacial score (nSPS) is 11.6. The number of H-pyrrole nitrogens is 1. The first kappa shape index (κ1) is 16.2. The van der Waals surface area contributed by atoms with Crippen LogP contribution >= 0.6 is 11.6 Å². The van der Waals surface area contributed by atoms with Gasteiger partial charge in [0.2, 0.25) is 5.88 Å². The van der Waals surface area contributed by atoms with Gasteiger partial charge in [0.15, 0.2) is 5.69 Å². The number of aromatic nitrogens is 3. The molecule has 2 aromatic heterocycles. The number of unbranched alkanes of at least 4 members (excludes halogenated alkanes) is 1. The predicted octanol–water partition coefficient (Wildman–Crippen LogP) is 4.30. The van der Waals surface area contributed by atoms with E-state index in [1.165, 1.54) is 6.20 Å². The molecular weight excluding hydrogens is 330 g/mol. The molecule has 7 nitrogen and oxygen atoms in total. The molecule has 0 spiro atoms. The lowest BCUT2D eigenvalue weighted by atomic mass is 10.2. The van der Waals surface area contributed by atoms with Crippen LogP contribution in [-0.4, -0.2) is 19.9 Å². The second kappa shape index (κ2) is 6.84. The monoisotopic (exact) mass is 345 g/mol. The fourth-order valence-electron chi connectivity index (χ4n) is 2.46. The van der Waals surface area contributed by atoms with Crippen molar-refractivity contribution < 1.29 is 5.11 Å². The number of hydrogen-bond donors (Lipinski definition) is 2. The Bertz CT molecular complexity index is 961. The average molecular weight is 346 g/mol. The number of halogens is 1. The van der Waals surface area contributed by atoms with Crippen molar-refractivity contribution in [3.05, 3.63) is 45.8 Å². The average Bonchev–Trinajstić information content (AvgIpc) is 2.86. The van der Waals surface area contributed by atoms with Gasteiger partial charge in [-0.3, -0.25) is 4.79 Å². The fourth-order valence-corrected chi connectivity index (χ4v) is 2.59. The first-order chi connectivity index (χ1) is 11.6. The Kier molecular flexibility index (Phi) is 4.61. The molecule has 0 saturated heterocycles. The molecule has 24 heavy (non-hydrogen) atoms. The van der Waals surface area contributed by atoms with Gasteiger partial charge in [0.05, 0.1) is 11.7 Å². The lowest BCUT2D eigenvalue weighted by molar-refractivity contribution is 0.418. The summed E-state index contributed by atoms with van der Waals surface area (Å²) in [7, 11) is 0. The van der Waals surface area contributed by atoms with Crippen LogP contribution in [0.4, 0.5) is 11.4 Å². The van der Waals surface area contributed by atoms with Crippen LogP contribution in [0.25, 0.3) is 10.9 Å². The second-order valence-corrected chi connectivity index (χ2v) is 5.67. The molecule has 0 bridgehead atoms. The van der Waals surface area contributed by atoms with Crippen molar-refractivity contribution in [3.63, 3.8) is 0 Å². The zero-order valence-corrected chi connectivity index (χ0v) is 13.8. The van der Waals surface area contributed by atoms with Crippen LogP contribution in [0.5, 0.6) is 5.88 Å². The number of aryl methyl sites for hydroxylation is 1. The van der Waals surface area contributed by atoms with Gasteiger partial charge >= 0.3 is 0 Å². The molecule has 0 saturated carbocycles. The highest BCUT2D eigenvalue weighted by molar-refractivity contribution is 6.32. The third-order valence-electron chi connectivity index (χ3n) is 3.69. The molecule has 0 fully saturated rings. The first-order valence-electron chi connectivity index (χ1n) is 7.58. The van der Waals surface area contributed by atoms with Gasteiger partial charge in [-0.1, -0.05) is 43.1 Å². The van der Waals surface area contributed by atoms with Crippen LogP contribution in [0.1, 0.15) is 19.8 Å². The fraction of sp³-hybridized carbons (Fsp3) is 0.250. The zero-order chi connectivity index (χ0) is 17.1. The molecule has 0 aliphatic heterocycles. The van der Waals surface area contributed by atoms with Gasteiger partial charge in [0.25, 0.3) is 5.56 Å². The maximum absolute atomic E-state index is 11.4. The molecule has 0 aliphatic carbocycles. The molecule has 0 unspecified atom stereocenters. The van der Waals surface area contributed by atoms with E-state index in [0.717, 1.165) is 23.7 Å². The molecule has 2 N–H and O–H groups in total. The molecule has 8 heteroatoms. The molecule has 0 atom stereocenters. The Balaban J connectivity index is 2.09. The summed E-state index contributed by atoms with van der Waals surface area (Å²) in [5.41, 5.74) is 0.832. The minimum atomic E-state index is -0.539. The smallest absolute Gasteiger partial charge is 0.285 e. The number of benzene rings is 1. The van der Waals surface area contributed by atoms with E-state index in [9.17, 15) is 9.90 Å². The van der Waals surface area contributed by atoms with E-state index in [4.69, 9.17) is 11.6 Å². The summed E-state index contributed by atoms with van der Waals surface area (Å²) >= 11 is 5.89. The lowest BCUT2D eigenvalue weighted by Gasteiger charge is -2.05. The third-order valence-corrected chi connectivity index (χ3v) is 4.05. The molecule has 1 aromatic carbocycles. The van der Waals surface area contributed by atoms with Gasteiger partial charge in [0, 0.05) is 11.9 Å². The lowest BCUT2D eigenvalue weighted by Crippen LogP contribution is -2.06. The molecule has 2 heterocycles. The van der Waals surface area contributed by atoms with E-state index in [1.807, 2.05) is 28.8 Å². The highest BCUT2D eigenvalue weighted by atomic mass is 35.5. The number of fused-ring (bicyclic) bond motifs is 1. The third kappa shape index (κ3) is 2.90. The summed E-state index contributed by atoms with van der Waals surface area (Å²) in [5.74, 6) is 0.0438. The van der Waals surface area contributed by atoms with Crippen LogP contribution in [-0.2, 0) is 6.54 Å². The highest BCUT2D eigenvalue weighted by Crippen LogP contribution is 2.39. The zero-order valence-electron chi connectivity index (χ0n) is 13.0. The quantitative estimate of drug-likeness (QED) is 0.675. The Labute approximate surface area is 142 Å². The minimum Gasteiger partial charge on any atom is -0.493 e. The van der Waals surface area contributed by atoms with E-state index < -0.39 is 5.56 Å². The van der Waals surface area contributed by atoms with Crippen molar-refractivity contribution in [3.8, 4) is 5.88 Å². The van der Waals surface area contributed by atoms with Gasteiger partial charge in [-0.15, -0.1) is 10.2 Å². The van der Waals surface area contributed by atoms with Crippen molar-refractivity contribution >= 4 is 33.9 Å². The maximum atomic E-state index is 11.4. The largest absolute Gasteiger partial charge is 0.493 e. The van der Waals surface area contributed by atoms with Crippen LogP contribution < -0.4 is 5.56 Å². The number of aromatic hydroxyl groups is 1. The summed E-state index contributed by atoms with van der Waals surface area (Å²) in [6, 6.07) is 7.56. The summed E-state index contributed by atoms with van der Waals surface area (Å²) in [5, 5.41) is 25.2. The number of rotatable bonds is 5. The van der Waals surface area contributed by atoms with E-state index in [-0.39, 0.29) is 16.6 Å². The van der Waals surface area contributed by atoms with Gasteiger partial charge in [-0.05, 0) is 12.5 Å². The molecule has 3 aromatic rings. The van der Waals surface area contributed by atoms with Gasteiger partial charge < -0.3 is 9.67 Å². The van der Waals surface area contributed by atoms with Crippen LogP contribution in [0.15, 0.2) is 45.5 Å². The standard InChI is InChI=1S/C16H16ClN5O2/c1-2-3-8-22-12-7-5-4-6-10(12)14(16(22)24)20-19-11-9-18-21-15(23)13(11)17/h4-7,9,24H,2-3,8H2,1H3,(H,21,23). The van der Waals surface area contributed by atoms with E-state index in [1.54, 1.807) is 0 Å². The topological polar surface area (TPSA) is 95.6 Å².